The van der Waals surface area contributed by atoms with Gasteiger partial charge in [0.1, 0.15) is 6.04 Å². The van der Waals surface area contributed by atoms with E-state index in [-0.39, 0.29) is 11.1 Å². The molecule has 0 saturated carbocycles. The van der Waals surface area contributed by atoms with Crippen LogP contribution in [0.15, 0.2) is 83.7 Å². The molecule has 5 aromatic rings. The molecule has 40 heavy (non-hydrogen) atoms. The highest BCUT2D eigenvalue weighted by Gasteiger charge is 2.33. The van der Waals surface area contributed by atoms with Gasteiger partial charge in [0.25, 0.3) is 5.56 Å². The fourth-order valence-electron chi connectivity index (χ4n) is 5.19. The van der Waals surface area contributed by atoms with Crippen molar-refractivity contribution in [3.8, 4) is 0 Å². The number of aryl methyl sites for hydroxylation is 1. The summed E-state index contributed by atoms with van der Waals surface area (Å²) in [6, 6.07) is 26.7. The van der Waals surface area contributed by atoms with Gasteiger partial charge < -0.3 is 4.98 Å². The molecule has 7 heteroatoms. The molecule has 1 unspecified atom stereocenters. The standard InChI is InChI=1S/C33H38N6O/c1-22(2)26-15-13-25(14-16-26)21-38(20-24-10-8-7-9-11-24)30(31-35-36-37-39(31)33(4,5)6)28-19-27-18-23(3)12-17-29(27)34-32(28)40/h7-19,22,30H,20-21H2,1-6H3,(H,34,40). The third kappa shape index (κ3) is 5.89. The Hall–Kier alpha value is -4.10. The molecule has 3 aromatic carbocycles. The smallest absolute Gasteiger partial charge is 0.253 e. The molecule has 0 bridgehead atoms. The van der Waals surface area contributed by atoms with Crippen LogP contribution in [0.4, 0.5) is 0 Å². The number of tetrazole rings is 1. The number of rotatable bonds is 8. The number of nitrogens with one attached hydrogen (secondary N) is 1. The highest BCUT2D eigenvalue weighted by atomic mass is 16.1. The van der Waals surface area contributed by atoms with Crippen LogP contribution >= 0.6 is 0 Å². The number of fused-ring (bicyclic) bond motifs is 1. The lowest BCUT2D eigenvalue weighted by Gasteiger charge is -2.33. The van der Waals surface area contributed by atoms with E-state index in [1.807, 2.05) is 41.1 Å². The summed E-state index contributed by atoms with van der Waals surface area (Å²) < 4.78 is 1.84. The van der Waals surface area contributed by atoms with E-state index >= 15 is 0 Å². The highest BCUT2D eigenvalue weighted by Crippen LogP contribution is 2.32. The van der Waals surface area contributed by atoms with Crippen LogP contribution in [0.2, 0.25) is 0 Å². The van der Waals surface area contributed by atoms with Gasteiger partial charge in [-0.1, -0.05) is 80.1 Å². The van der Waals surface area contributed by atoms with E-state index in [2.05, 4.69) is 109 Å². The van der Waals surface area contributed by atoms with Gasteiger partial charge in [0.05, 0.1) is 5.54 Å². The molecule has 0 amide bonds. The van der Waals surface area contributed by atoms with Crippen molar-refractivity contribution in [1.82, 2.24) is 30.1 Å². The van der Waals surface area contributed by atoms with Crippen molar-refractivity contribution < 1.29 is 0 Å². The second-order valence-electron chi connectivity index (χ2n) is 12.0. The quantitative estimate of drug-likeness (QED) is 0.246. The number of pyridine rings is 1. The Morgan fingerprint density at radius 1 is 0.900 bits per heavy atom. The number of aromatic amines is 1. The fourth-order valence-corrected chi connectivity index (χ4v) is 5.19. The summed E-state index contributed by atoms with van der Waals surface area (Å²) >= 11 is 0. The maximum absolute atomic E-state index is 13.8. The van der Waals surface area contributed by atoms with Gasteiger partial charge in [0, 0.05) is 24.2 Å². The van der Waals surface area contributed by atoms with E-state index in [4.69, 9.17) is 0 Å². The van der Waals surface area contributed by atoms with Crippen molar-refractivity contribution in [1.29, 1.82) is 0 Å². The molecule has 0 saturated heterocycles. The lowest BCUT2D eigenvalue weighted by atomic mass is 9.98. The van der Waals surface area contributed by atoms with Crippen LogP contribution < -0.4 is 5.56 Å². The summed E-state index contributed by atoms with van der Waals surface area (Å²) in [6.45, 7) is 13.9. The molecule has 0 spiro atoms. The number of benzene rings is 3. The van der Waals surface area contributed by atoms with Gasteiger partial charge in [0.15, 0.2) is 5.82 Å². The zero-order chi connectivity index (χ0) is 28.4. The third-order valence-corrected chi connectivity index (χ3v) is 7.32. The third-order valence-electron chi connectivity index (χ3n) is 7.32. The van der Waals surface area contributed by atoms with Gasteiger partial charge in [-0.05, 0) is 84.3 Å². The summed E-state index contributed by atoms with van der Waals surface area (Å²) in [5, 5.41) is 14.0. The molecule has 206 valence electrons. The molecule has 2 aromatic heterocycles. The maximum Gasteiger partial charge on any atom is 0.253 e. The largest absolute Gasteiger partial charge is 0.322 e. The topological polar surface area (TPSA) is 79.7 Å². The van der Waals surface area contributed by atoms with Gasteiger partial charge in [0.2, 0.25) is 0 Å². The Balaban J connectivity index is 1.71. The SMILES string of the molecule is Cc1ccc2[nH]c(=O)c(C(c3nnnn3C(C)(C)C)N(Cc3ccccc3)Cc3ccc(C(C)C)cc3)cc2c1. The molecule has 1 atom stereocenters. The van der Waals surface area contributed by atoms with Gasteiger partial charge in [-0.3, -0.25) is 9.69 Å². The number of aromatic nitrogens is 5. The first-order chi connectivity index (χ1) is 19.1. The average molecular weight is 535 g/mol. The summed E-state index contributed by atoms with van der Waals surface area (Å²) in [6.07, 6.45) is 0. The van der Waals surface area contributed by atoms with Crippen molar-refractivity contribution in [2.45, 2.75) is 72.1 Å². The Bertz CT molecular complexity index is 1650. The minimum atomic E-state index is -0.493. The summed E-state index contributed by atoms with van der Waals surface area (Å²) in [4.78, 5) is 19.2. The Labute approximate surface area is 235 Å². The van der Waals surface area contributed by atoms with Gasteiger partial charge in [-0.25, -0.2) is 4.68 Å². The summed E-state index contributed by atoms with van der Waals surface area (Å²) in [5.74, 6) is 1.10. The van der Waals surface area contributed by atoms with E-state index in [9.17, 15) is 4.79 Å². The molecule has 0 aliphatic rings. The van der Waals surface area contributed by atoms with Crippen LogP contribution in [0, 0.1) is 6.92 Å². The van der Waals surface area contributed by atoms with Crippen molar-refractivity contribution in [3.05, 3.63) is 123 Å². The van der Waals surface area contributed by atoms with Gasteiger partial charge in [-0.15, -0.1) is 5.10 Å². The van der Waals surface area contributed by atoms with Crippen LogP contribution in [0.1, 0.15) is 80.2 Å². The molecular formula is C33H38N6O. The zero-order valence-corrected chi connectivity index (χ0v) is 24.2. The normalized spacial score (nSPS) is 12.9. The van der Waals surface area contributed by atoms with Crippen molar-refractivity contribution in [2.75, 3.05) is 0 Å². The Morgan fingerprint density at radius 2 is 1.57 bits per heavy atom. The number of hydrogen-bond donors (Lipinski definition) is 1. The fraction of sp³-hybridized carbons (Fsp3) is 0.333. The maximum atomic E-state index is 13.8. The number of hydrogen-bond acceptors (Lipinski definition) is 5. The molecular weight excluding hydrogens is 496 g/mol. The van der Waals surface area contributed by atoms with Crippen LogP contribution in [0.3, 0.4) is 0 Å². The molecule has 2 heterocycles. The van der Waals surface area contributed by atoms with Crippen LogP contribution in [0.5, 0.6) is 0 Å². The van der Waals surface area contributed by atoms with Crippen LogP contribution in [0.25, 0.3) is 10.9 Å². The Kier molecular flexibility index (Phi) is 7.68. The first-order valence-electron chi connectivity index (χ1n) is 13.9. The van der Waals surface area contributed by atoms with E-state index < -0.39 is 6.04 Å². The number of H-pyrrole nitrogens is 1. The first-order valence-corrected chi connectivity index (χ1v) is 13.9. The molecule has 0 aliphatic heterocycles. The number of nitrogens with zero attached hydrogens (tertiary/aromatic N) is 5. The van der Waals surface area contributed by atoms with Crippen molar-refractivity contribution in [2.24, 2.45) is 0 Å². The Morgan fingerprint density at radius 3 is 2.23 bits per heavy atom. The molecule has 0 fully saturated rings. The van der Waals surface area contributed by atoms with E-state index in [0.29, 0.717) is 30.4 Å². The summed E-state index contributed by atoms with van der Waals surface area (Å²) in [5.41, 5.74) is 5.65. The molecule has 0 radical (unpaired) electrons. The van der Waals surface area contributed by atoms with E-state index in [1.54, 1.807) is 0 Å². The van der Waals surface area contributed by atoms with Crippen molar-refractivity contribution in [3.63, 3.8) is 0 Å². The summed E-state index contributed by atoms with van der Waals surface area (Å²) in [7, 11) is 0. The van der Waals surface area contributed by atoms with Crippen molar-refractivity contribution >= 4 is 10.9 Å². The second kappa shape index (κ2) is 11.2. The molecule has 1 N–H and O–H groups in total. The molecule has 7 nitrogen and oxygen atoms in total. The van der Waals surface area contributed by atoms with Crippen LogP contribution in [-0.2, 0) is 18.6 Å². The minimum absolute atomic E-state index is 0.141. The lowest BCUT2D eigenvalue weighted by Crippen LogP contribution is -2.37. The zero-order valence-electron chi connectivity index (χ0n) is 24.2. The predicted octanol–water partition coefficient (Wildman–Crippen LogP) is 6.49. The minimum Gasteiger partial charge on any atom is -0.322 e. The average Bonchev–Trinajstić information content (AvgIpc) is 3.41. The first kappa shape index (κ1) is 27.5. The lowest BCUT2D eigenvalue weighted by molar-refractivity contribution is 0.184. The van der Waals surface area contributed by atoms with Gasteiger partial charge in [-0.2, -0.15) is 0 Å². The molecule has 0 aliphatic carbocycles. The van der Waals surface area contributed by atoms with E-state index in [1.165, 1.54) is 5.56 Å². The van der Waals surface area contributed by atoms with E-state index in [0.717, 1.165) is 27.6 Å². The van der Waals surface area contributed by atoms with Gasteiger partial charge >= 0.3 is 0 Å². The predicted molar refractivity (Wildman–Crippen MR) is 160 cm³/mol. The highest BCUT2D eigenvalue weighted by molar-refractivity contribution is 5.79. The monoisotopic (exact) mass is 534 g/mol. The van der Waals surface area contributed by atoms with Crippen LogP contribution in [-0.4, -0.2) is 30.1 Å². The second-order valence-corrected chi connectivity index (χ2v) is 12.0. The molecule has 5 rings (SSSR count).